The molecule has 0 saturated carbocycles. The number of ether oxygens (including phenoxy) is 3. The largest absolute Gasteiger partial charge is 0.497 e. The molecule has 1 aromatic heterocycles. The van der Waals surface area contributed by atoms with Crippen LogP contribution in [0.5, 0.6) is 11.5 Å². The van der Waals surface area contributed by atoms with Crippen LogP contribution in [-0.2, 0) is 11.3 Å². The maximum Gasteiger partial charge on any atom is 0.287 e. The van der Waals surface area contributed by atoms with Crippen LogP contribution in [0.15, 0.2) is 83.3 Å². The maximum absolute atomic E-state index is 12.9. The van der Waals surface area contributed by atoms with Gasteiger partial charge in [0, 0.05) is 19.6 Å². The van der Waals surface area contributed by atoms with Gasteiger partial charge in [0.2, 0.25) is 0 Å². The first-order chi connectivity index (χ1) is 17.7. The summed E-state index contributed by atoms with van der Waals surface area (Å²) in [6.45, 7) is 3.68. The fourth-order valence-electron chi connectivity index (χ4n) is 4.44. The zero-order valence-corrected chi connectivity index (χ0v) is 20.3. The highest BCUT2D eigenvalue weighted by Crippen LogP contribution is 2.24. The van der Waals surface area contributed by atoms with Crippen molar-refractivity contribution in [3.8, 4) is 11.5 Å². The van der Waals surface area contributed by atoms with E-state index in [-0.39, 0.29) is 24.3 Å². The van der Waals surface area contributed by atoms with E-state index in [0.29, 0.717) is 25.5 Å². The second kappa shape index (κ2) is 11.3. The zero-order valence-electron chi connectivity index (χ0n) is 20.3. The van der Waals surface area contributed by atoms with Crippen molar-refractivity contribution in [1.82, 2.24) is 10.2 Å². The summed E-state index contributed by atoms with van der Waals surface area (Å²) < 4.78 is 22.5. The van der Waals surface area contributed by atoms with Gasteiger partial charge in [-0.05, 0) is 52.7 Å². The third-order valence-corrected chi connectivity index (χ3v) is 6.43. The summed E-state index contributed by atoms with van der Waals surface area (Å²) in [5, 5.41) is 5.31. The summed E-state index contributed by atoms with van der Waals surface area (Å²) in [5.74, 6) is 2.16. The van der Waals surface area contributed by atoms with Crippen molar-refractivity contribution in [1.29, 1.82) is 0 Å². The van der Waals surface area contributed by atoms with Gasteiger partial charge in [0.05, 0.1) is 26.4 Å². The Labute approximate surface area is 210 Å². The molecule has 0 radical (unpaired) electrons. The fourth-order valence-corrected chi connectivity index (χ4v) is 4.44. The van der Waals surface area contributed by atoms with Crippen LogP contribution >= 0.6 is 0 Å². The van der Waals surface area contributed by atoms with Gasteiger partial charge in [-0.1, -0.05) is 42.5 Å². The standard InChI is InChI=1S/C29H30N2O5/c1-33-24-9-7-22(8-10-24)27(31-14-16-34-17-15-31)19-30-29(32)28-13-12-26(36-28)20-35-25-11-6-21-4-2-3-5-23(21)18-25/h2-13,18,27H,14-17,19-20H2,1H3,(H,30,32). The first kappa shape index (κ1) is 23.9. The van der Waals surface area contributed by atoms with Gasteiger partial charge >= 0.3 is 0 Å². The van der Waals surface area contributed by atoms with Crippen LogP contribution in [0.3, 0.4) is 0 Å². The van der Waals surface area contributed by atoms with E-state index in [0.717, 1.165) is 40.9 Å². The fraction of sp³-hybridized carbons (Fsp3) is 0.276. The maximum atomic E-state index is 12.9. The van der Waals surface area contributed by atoms with Crippen LogP contribution in [0.1, 0.15) is 27.9 Å². The molecule has 1 saturated heterocycles. The van der Waals surface area contributed by atoms with E-state index in [1.807, 2.05) is 60.7 Å². The lowest BCUT2D eigenvalue weighted by Gasteiger charge is -2.34. The topological polar surface area (TPSA) is 73.2 Å². The molecule has 5 rings (SSSR count). The van der Waals surface area contributed by atoms with E-state index in [1.165, 1.54) is 0 Å². The van der Waals surface area contributed by atoms with Crippen molar-refractivity contribution in [2.45, 2.75) is 12.6 Å². The van der Waals surface area contributed by atoms with Crippen molar-refractivity contribution in [2.24, 2.45) is 0 Å². The van der Waals surface area contributed by atoms with Crippen LogP contribution in [0.25, 0.3) is 10.8 Å². The van der Waals surface area contributed by atoms with Crippen molar-refractivity contribution < 1.29 is 23.4 Å². The van der Waals surface area contributed by atoms with Gasteiger partial charge in [0.1, 0.15) is 23.9 Å². The number of carbonyl (C=O) groups excluding carboxylic acids is 1. The Morgan fingerprint density at radius 1 is 0.944 bits per heavy atom. The lowest BCUT2D eigenvalue weighted by Crippen LogP contribution is -2.43. The summed E-state index contributed by atoms with van der Waals surface area (Å²) in [4.78, 5) is 15.2. The number of methoxy groups -OCH3 is 1. The van der Waals surface area contributed by atoms with Crippen molar-refractivity contribution in [3.63, 3.8) is 0 Å². The highest BCUT2D eigenvalue weighted by molar-refractivity contribution is 5.91. The van der Waals surface area contributed by atoms with Crippen molar-refractivity contribution in [2.75, 3.05) is 40.0 Å². The number of fused-ring (bicyclic) bond motifs is 1. The number of hydrogen-bond acceptors (Lipinski definition) is 6. The summed E-state index contributed by atoms with van der Waals surface area (Å²) in [6, 6.07) is 25.5. The van der Waals surface area contributed by atoms with Crippen LogP contribution in [0.4, 0.5) is 0 Å². The third-order valence-electron chi connectivity index (χ3n) is 6.43. The Morgan fingerprint density at radius 3 is 2.47 bits per heavy atom. The van der Waals surface area contributed by atoms with Gasteiger partial charge in [0.25, 0.3) is 5.91 Å². The van der Waals surface area contributed by atoms with Gasteiger partial charge in [-0.25, -0.2) is 0 Å². The molecule has 7 nitrogen and oxygen atoms in total. The SMILES string of the molecule is COc1ccc(C(CNC(=O)c2ccc(COc3ccc4ccccc4c3)o2)N2CCOCC2)cc1. The lowest BCUT2D eigenvalue weighted by molar-refractivity contribution is 0.0161. The molecule has 7 heteroatoms. The number of nitrogens with zero attached hydrogens (tertiary/aromatic N) is 1. The normalized spacial score (nSPS) is 14.9. The minimum absolute atomic E-state index is 0.0226. The molecule has 3 aromatic carbocycles. The molecule has 186 valence electrons. The summed E-state index contributed by atoms with van der Waals surface area (Å²) in [6.07, 6.45) is 0. The van der Waals surface area contributed by atoms with Gasteiger partial charge in [-0.3, -0.25) is 9.69 Å². The van der Waals surface area contributed by atoms with Gasteiger partial charge in [-0.2, -0.15) is 0 Å². The summed E-state index contributed by atoms with van der Waals surface area (Å²) in [7, 11) is 1.65. The van der Waals surface area contributed by atoms with Gasteiger partial charge < -0.3 is 23.9 Å². The van der Waals surface area contributed by atoms with E-state index in [1.54, 1.807) is 19.2 Å². The minimum Gasteiger partial charge on any atom is -0.497 e. The molecule has 1 N–H and O–H groups in total. The molecule has 4 aromatic rings. The van der Waals surface area contributed by atoms with Crippen LogP contribution < -0.4 is 14.8 Å². The van der Waals surface area contributed by atoms with E-state index < -0.39 is 0 Å². The Kier molecular flexibility index (Phi) is 7.50. The molecule has 0 bridgehead atoms. The van der Waals surface area contributed by atoms with Crippen LogP contribution in [-0.4, -0.2) is 50.8 Å². The molecule has 0 aliphatic carbocycles. The van der Waals surface area contributed by atoms with E-state index in [2.05, 4.69) is 16.3 Å². The predicted octanol–water partition coefficient (Wildman–Crippen LogP) is 4.82. The predicted molar refractivity (Wildman–Crippen MR) is 137 cm³/mol. The number of morpholine rings is 1. The monoisotopic (exact) mass is 486 g/mol. The smallest absolute Gasteiger partial charge is 0.287 e. The second-order valence-electron chi connectivity index (χ2n) is 8.71. The van der Waals surface area contributed by atoms with Gasteiger partial charge in [0.15, 0.2) is 5.76 Å². The molecule has 0 spiro atoms. The van der Waals surface area contributed by atoms with Crippen LogP contribution in [0, 0.1) is 0 Å². The van der Waals surface area contributed by atoms with Gasteiger partial charge in [-0.15, -0.1) is 0 Å². The number of furan rings is 1. The third kappa shape index (κ3) is 5.70. The Hall–Kier alpha value is -3.81. The van der Waals surface area contributed by atoms with E-state index >= 15 is 0 Å². The molecular weight excluding hydrogens is 456 g/mol. The van der Waals surface area contributed by atoms with E-state index in [4.69, 9.17) is 18.6 Å². The molecule has 1 unspecified atom stereocenters. The molecule has 1 aliphatic rings. The number of benzene rings is 3. The first-order valence-electron chi connectivity index (χ1n) is 12.1. The number of nitrogens with one attached hydrogen (secondary N) is 1. The average molecular weight is 487 g/mol. The Balaban J connectivity index is 1.20. The molecule has 1 atom stereocenters. The number of amides is 1. The highest BCUT2D eigenvalue weighted by atomic mass is 16.5. The molecule has 1 fully saturated rings. The minimum atomic E-state index is -0.251. The lowest BCUT2D eigenvalue weighted by atomic mass is 10.0. The Morgan fingerprint density at radius 2 is 1.69 bits per heavy atom. The van der Waals surface area contributed by atoms with Crippen molar-refractivity contribution in [3.05, 3.63) is 95.9 Å². The molecule has 2 heterocycles. The molecule has 1 amide bonds. The van der Waals surface area contributed by atoms with Crippen LogP contribution in [0.2, 0.25) is 0 Å². The summed E-state index contributed by atoms with van der Waals surface area (Å²) in [5.41, 5.74) is 1.11. The Bertz CT molecular complexity index is 1290. The second-order valence-corrected chi connectivity index (χ2v) is 8.71. The number of carbonyl (C=O) groups is 1. The van der Waals surface area contributed by atoms with E-state index in [9.17, 15) is 4.79 Å². The molecule has 1 aliphatic heterocycles. The summed E-state index contributed by atoms with van der Waals surface area (Å²) >= 11 is 0. The number of rotatable bonds is 9. The average Bonchev–Trinajstić information content (AvgIpc) is 3.42. The zero-order chi connectivity index (χ0) is 24.7. The first-order valence-corrected chi connectivity index (χ1v) is 12.1. The highest BCUT2D eigenvalue weighted by Gasteiger charge is 2.24. The number of hydrogen-bond donors (Lipinski definition) is 1. The molecule has 36 heavy (non-hydrogen) atoms. The molecular formula is C29H30N2O5. The van der Waals surface area contributed by atoms with Crippen molar-refractivity contribution >= 4 is 16.7 Å². The quantitative estimate of drug-likeness (QED) is 0.366.